The average molecular weight is 298 g/mol. The van der Waals surface area contributed by atoms with Gasteiger partial charge in [0.1, 0.15) is 0 Å². The van der Waals surface area contributed by atoms with Crippen molar-refractivity contribution in [2.45, 2.75) is 26.4 Å². The first-order valence-corrected chi connectivity index (χ1v) is 7.02. The van der Waals surface area contributed by atoms with Crippen LogP contribution in [0, 0.1) is 6.92 Å². The number of rotatable bonds is 2. The summed E-state index contributed by atoms with van der Waals surface area (Å²) in [4.78, 5) is 14.8. The Hall–Kier alpha value is -1.46. The molecule has 1 aromatic rings. The first-order valence-electron chi connectivity index (χ1n) is 6.65. The zero-order chi connectivity index (χ0) is 14.9. The molecular formula is C14H20ClN3O2. The quantitative estimate of drug-likeness (QED) is 0.823. The summed E-state index contributed by atoms with van der Waals surface area (Å²) in [6, 6.07) is 3.69. The third-order valence-corrected chi connectivity index (χ3v) is 4.09. The third kappa shape index (κ3) is 3.16. The minimum absolute atomic E-state index is 0.00177. The van der Waals surface area contributed by atoms with Gasteiger partial charge in [-0.05, 0) is 37.1 Å². The lowest BCUT2D eigenvalue weighted by Gasteiger charge is -2.38. The highest BCUT2D eigenvalue weighted by Crippen LogP contribution is 2.24. The van der Waals surface area contributed by atoms with E-state index >= 15 is 0 Å². The van der Waals surface area contributed by atoms with Gasteiger partial charge < -0.3 is 15.7 Å². The van der Waals surface area contributed by atoms with E-state index in [0.29, 0.717) is 17.3 Å². The molecule has 1 fully saturated rings. The molecule has 1 amide bonds. The summed E-state index contributed by atoms with van der Waals surface area (Å²) in [6.07, 6.45) is -0.847. The lowest BCUT2D eigenvalue weighted by Crippen LogP contribution is -2.53. The molecule has 0 radical (unpaired) electrons. The van der Waals surface area contributed by atoms with E-state index in [9.17, 15) is 4.79 Å². The molecule has 6 heteroatoms. The van der Waals surface area contributed by atoms with E-state index in [2.05, 4.69) is 4.90 Å². The van der Waals surface area contributed by atoms with Gasteiger partial charge in [-0.1, -0.05) is 11.6 Å². The first-order chi connectivity index (χ1) is 9.38. The first kappa shape index (κ1) is 14.9. The summed E-state index contributed by atoms with van der Waals surface area (Å²) in [5.74, 6) is 0. The molecule has 110 valence electrons. The van der Waals surface area contributed by atoms with Crippen LogP contribution in [-0.4, -0.2) is 46.7 Å². The van der Waals surface area contributed by atoms with Crippen LogP contribution in [0.2, 0.25) is 5.02 Å². The smallest absolute Gasteiger partial charge is 0.407 e. The van der Waals surface area contributed by atoms with Crippen LogP contribution < -0.4 is 5.73 Å². The summed E-state index contributed by atoms with van der Waals surface area (Å²) in [5.41, 5.74) is 8.77. The van der Waals surface area contributed by atoms with Gasteiger partial charge in [0.05, 0.1) is 0 Å². The Morgan fingerprint density at radius 1 is 1.50 bits per heavy atom. The number of hydrogen-bond donors (Lipinski definition) is 2. The summed E-state index contributed by atoms with van der Waals surface area (Å²) in [5, 5.41) is 9.71. The van der Waals surface area contributed by atoms with E-state index in [-0.39, 0.29) is 6.04 Å². The second-order valence-electron chi connectivity index (χ2n) is 5.34. The van der Waals surface area contributed by atoms with Gasteiger partial charge in [-0.3, -0.25) is 4.90 Å². The molecule has 0 bridgehead atoms. The Labute approximate surface area is 123 Å². The average Bonchev–Trinajstić information content (AvgIpc) is 2.35. The van der Waals surface area contributed by atoms with Crippen molar-refractivity contribution in [1.29, 1.82) is 0 Å². The molecule has 1 aliphatic rings. The molecule has 5 nitrogen and oxygen atoms in total. The molecule has 1 saturated heterocycles. The highest BCUT2D eigenvalue weighted by molar-refractivity contribution is 6.31. The maximum Gasteiger partial charge on any atom is 0.407 e. The fourth-order valence-corrected chi connectivity index (χ4v) is 2.87. The summed E-state index contributed by atoms with van der Waals surface area (Å²) in [7, 11) is 0. The van der Waals surface area contributed by atoms with Crippen LogP contribution in [0.1, 0.15) is 18.1 Å². The summed E-state index contributed by atoms with van der Waals surface area (Å²) >= 11 is 6.05. The summed E-state index contributed by atoms with van der Waals surface area (Å²) in [6.45, 7) is 6.64. The number of carbonyl (C=O) groups is 1. The predicted molar refractivity (Wildman–Crippen MR) is 80.1 cm³/mol. The zero-order valence-corrected chi connectivity index (χ0v) is 12.5. The predicted octanol–water partition coefficient (Wildman–Crippen LogP) is 2.41. The highest BCUT2D eigenvalue weighted by Gasteiger charge is 2.27. The van der Waals surface area contributed by atoms with Crippen molar-refractivity contribution in [3.63, 3.8) is 0 Å². The number of nitrogens with two attached hydrogens (primary N) is 1. The van der Waals surface area contributed by atoms with Crippen LogP contribution >= 0.6 is 11.6 Å². The second-order valence-corrected chi connectivity index (χ2v) is 5.78. The molecule has 3 N–H and O–H groups in total. The van der Waals surface area contributed by atoms with Gasteiger partial charge in [0, 0.05) is 42.9 Å². The number of halogens is 1. The van der Waals surface area contributed by atoms with Crippen molar-refractivity contribution in [2.75, 3.05) is 25.4 Å². The van der Waals surface area contributed by atoms with Crippen molar-refractivity contribution in [1.82, 2.24) is 9.80 Å². The molecule has 0 saturated carbocycles. The van der Waals surface area contributed by atoms with E-state index in [4.69, 9.17) is 22.4 Å². The monoisotopic (exact) mass is 297 g/mol. The SMILES string of the molecule is Cc1c(N)cc(Cl)cc1CN1CCN(C(=O)O)C(C)C1. The maximum atomic E-state index is 11.0. The van der Waals surface area contributed by atoms with Gasteiger partial charge >= 0.3 is 6.09 Å². The number of nitrogen functional groups attached to an aromatic ring is 1. The standard InChI is InChI=1S/C14H20ClN3O2/c1-9-7-17(3-4-18(9)14(19)20)8-11-5-12(15)6-13(16)10(11)2/h5-6,9H,3-4,7-8,16H2,1-2H3,(H,19,20). The number of benzene rings is 1. The number of carboxylic acid groups (broad SMARTS) is 1. The van der Waals surface area contributed by atoms with E-state index in [1.54, 1.807) is 6.07 Å². The van der Waals surface area contributed by atoms with Gasteiger partial charge in [0.25, 0.3) is 0 Å². The van der Waals surface area contributed by atoms with Crippen molar-refractivity contribution in [3.05, 3.63) is 28.3 Å². The van der Waals surface area contributed by atoms with Crippen molar-refractivity contribution in [2.24, 2.45) is 0 Å². The van der Waals surface area contributed by atoms with Crippen LogP contribution in [0.3, 0.4) is 0 Å². The fourth-order valence-electron chi connectivity index (χ4n) is 2.62. The molecule has 1 aliphatic heterocycles. The number of amides is 1. The number of anilines is 1. The van der Waals surface area contributed by atoms with Gasteiger partial charge in [-0.25, -0.2) is 4.79 Å². The molecular weight excluding hydrogens is 278 g/mol. The van der Waals surface area contributed by atoms with Gasteiger partial charge in [0.15, 0.2) is 0 Å². The molecule has 0 spiro atoms. The molecule has 1 heterocycles. The number of nitrogens with zero attached hydrogens (tertiary/aromatic N) is 2. The minimum atomic E-state index is -0.847. The van der Waals surface area contributed by atoms with Gasteiger partial charge in [-0.2, -0.15) is 0 Å². The fraction of sp³-hybridized carbons (Fsp3) is 0.500. The Kier molecular flexibility index (Phi) is 4.40. The molecule has 0 aliphatic carbocycles. The van der Waals surface area contributed by atoms with Gasteiger partial charge in [0.2, 0.25) is 0 Å². The van der Waals surface area contributed by atoms with Crippen molar-refractivity contribution in [3.8, 4) is 0 Å². The van der Waals surface area contributed by atoms with Gasteiger partial charge in [-0.15, -0.1) is 0 Å². The van der Waals surface area contributed by atoms with Crippen molar-refractivity contribution >= 4 is 23.4 Å². The number of piperazine rings is 1. The van der Waals surface area contributed by atoms with E-state index in [1.165, 1.54) is 4.90 Å². The lowest BCUT2D eigenvalue weighted by atomic mass is 10.1. The molecule has 1 unspecified atom stereocenters. The summed E-state index contributed by atoms with van der Waals surface area (Å²) < 4.78 is 0. The van der Waals surface area contributed by atoms with Crippen LogP contribution in [0.15, 0.2) is 12.1 Å². The number of hydrogen-bond acceptors (Lipinski definition) is 3. The van der Waals surface area contributed by atoms with Crippen LogP contribution in [0.5, 0.6) is 0 Å². The minimum Gasteiger partial charge on any atom is -0.465 e. The van der Waals surface area contributed by atoms with E-state index in [1.807, 2.05) is 19.9 Å². The lowest BCUT2D eigenvalue weighted by molar-refractivity contribution is 0.0710. The molecule has 0 aromatic heterocycles. The topological polar surface area (TPSA) is 69.8 Å². The molecule has 1 aromatic carbocycles. The maximum absolute atomic E-state index is 11.0. The normalized spacial score (nSPS) is 20.1. The molecule has 20 heavy (non-hydrogen) atoms. The molecule has 1 atom stereocenters. The van der Waals surface area contributed by atoms with E-state index in [0.717, 1.165) is 30.8 Å². The Balaban J connectivity index is 2.07. The van der Waals surface area contributed by atoms with Crippen LogP contribution in [-0.2, 0) is 6.54 Å². The Bertz CT molecular complexity index is 521. The van der Waals surface area contributed by atoms with Crippen molar-refractivity contribution < 1.29 is 9.90 Å². The van der Waals surface area contributed by atoms with E-state index < -0.39 is 6.09 Å². The third-order valence-electron chi connectivity index (χ3n) is 3.87. The zero-order valence-electron chi connectivity index (χ0n) is 11.8. The highest BCUT2D eigenvalue weighted by atomic mass is 35.5. The Morgan fingerprint density at radius 3 is 2.80 bits per heavy atom. The largest absolute Gasteiger partial charge is 0.465 e. The Morgan fingerprint density at radius 2 is 2.20 bits per heavy atom. The van der Waals surface area contributed by atoms with Crippen LogP contribution in [0.4, 0.5) is 10.5 Å². The molecule has 2 rings (SSSR count). The van der Waals surface area contributed by atoms with Crippen LogP contribution in [0.25, 0.3) is 0 Å². The second kappa shape index (κ2) is 5.89.